The molecule has 5 heteroatoms. The number of halogens is 1. The Labute approximate surface area is 125 Å². The highest BCUT2D eigenvalue weighted by Crippen LogP contribution is 2.20. The largest absolute Gasteiger partial charge is 0.493 e. The summed E-state index contributed by atoms with van der Waals surface area (Å²) in [5.41, 5.74) is 5.04. The Morgan fingerprint density at radius 1 is 1.43 bits per heavy atom. The predicted octanol–water partition coefficient (Wildman–Crippen LogP) is 2.18. The van der Waals surface area contributed by atoms with E-state index in [-0.39, 0.29) is 17.6 Å². The first-order valence-corrected chi connectivity index (χ1v) is 7.33. The lowest BCUT2D eigenvalue weighted by Crippen LogP contribution is -2.54. The van der Waals surface area contributed by atoms with Crippen LogP contribution in [0.25, 0.3) is 0 Å². The molecular weight excluding hydrogens is 271 g/mol. The van der Waals surface area contributed by atoms with Crippen molar-refractivity contribution >= 4 is 5.91 Å². The highest BCUT2D eigenvalue weighted by atomic mass is 19.1. The number of hydrogen-bond acceptors (Lipinski definition) is 3. The summed E-state index contributed by atoms with van der Waals surface area (Å²) in [6, 6.07) is 5.99. The molecule has 1 heterocycles. The molecule has 1 aliphatic rings. The lowest BCUT2D eigenvalue weighted by molar-refractivity contribution is -0.137. The number of benzene rings is 1. The molecule has 1 aliphatic heterocycles. The van der Waals surface area contributed by atoms with Crippen LogP contribution in [0.2, 0.25) is 0 Å². The fourth-order valence-corrected chi connectivity index (χ4v) is 2.54. The highest BCUT2D eigenvalue weighted by molar-refractivity contribution is 5.85. The van der Waals surface area contributed by atoms with Crippen LogP contribution in [-0.4, -0.2) is 36.0 Å². The average Bonchev–Trinajstić information content (AvgIpc) is 2.45. The third-order valence-corrected chi connectivity index (χ3v) is 3.66. The van der Waals surface area contributed by atoms with Gasteiger partial charge in [-0.2, -0.15) is 0 Å². The van der Waals surface area contributed by atoms with Crippen LogP contribution in [0.1, 0.15) is 26.7 Å². The maximum atomic E-state index is 12.8. The minimum absolute atomic E-state index is 0.0195. The Kier molecular flexibility index (Phi) is 4.83. The van der Waals surface area contributed by atoms with E-state index in [9.17, 15) is 9.18 Å². The molecule has 0 spiro atoms. The number of carbonyl (C=O) groups excluding carboxylic acids is 1. The Balaban J connectivity index is 1.87. The van der Waals surface area contributed by atoms with Gasteiger partial charge in [-0.15, -0.1) is 0 Å². The van der Waals surface area contributed by atoms with Crippen molar-refractivity contribution in [1.82, 2.24) is 4.90 Å². The maximum Gasteiger partial charge on any atom is 0.242 e. The van der Waals surface area contributed by atoms with Crippen molar-refractivity contribution in [2.75, 3.05) is 19.7 Å². The minimum atomic E-state index is -0.834. The number of piperidine rings is 1. The molecule has 2 N–H and O–H groups in total. The van der Waals surface area contributed by atoms with Gasteiger partial charge in [0.2, 0.25) is 5.91 Å². The van der Waals surface area contributed by atoms with Crippen molar-refractivity contribution in [3.05, 3.63) is 30.1 Å². The molecule has 21 heavy (non-hydrogen) atoms. The Bertz CT molecular complexity index is 482. The number of carbonyl (C=O) groups is 1. The van der Waals surface area contributed by atoms with Crippen LogP contribution in [0.15, 0.2) is 24.3 Å². The molecule has 0 aliphatic carbocycles. The Morgan fingerprint density at radius 2 is 2.10 bits per heavy atom. The Hall–Kier alpha value is -1.62. The number of nitrogens with zero attached hydrogens (tertiary/aromatic N) is 1. The van der Waals surface area contributed by atoms with Crippen molar-refractivity contribution in [3.8, 4) is 5.75 Å². The van der Waals surface area contributed by atoms with Crippen LogP contribution in [0.4, 0.5) is 4.39 Å². The van der Waals surface area contributed by atoms with E-state index in [0.29, 0.717) is 18.9 Å². The number of ether oxygens (including phenoxy) is 1. The van der Waals surface area contributed by atoms with E-state index in [4.69, 9.17) is 10.5 Å². The third-order valence-electron chi connectivity index (χ3n) is 3.66. The SMILES string of the molecule is CC(C)(N)C(=O)N1CCC[C@H](COc2ccc(F)cc2)C1. The zero-order valence-electron chi connectivity index (χ0n) is 12.6. The summed E-state index contributed by atoms with van der Waals surface area (Å²) in [7, 11) is 0. The van der Waals surface area contributed by atoms with Crippen molar-refractivity contribution < 1.29 is 13.9 Å². The van der Waals surface area contributed by atoms with Gasteiger partial charge in [-0.3, -0.25) is 4.79 Å². The molecule has 0 aromatic heterocycles. The maximum absolute atomic E-state index is 12.8. The van der Waals surface area contributed by atoms with Crippen LogP contribution in [-0.2, 0) is 4.79 Å². The first kappa shape index (κ1) is 15.8. The molecule has 0 radical (unpaired) electrons. The van der Waals surface area contributed by atoms with Gasteiger partial charge >= 0.3 is 0 Å². The highest BCUT2D eigenvalue weighted by Gasteiger charge is 2.31. The summed E-state index contributed by atoms with van der Waals surface area (Å²) < 4.78 is 18.5. The summed E-state index contributed by atoms with van der Waals surface area (Å²) in [4.78, 5) is 14.0. The van der Waals surface area contributed by atoms with Crippen molar-refractivity contribution in [2.45, 2.75) is 32.2 Å². The van der Waals surface area contributed by atoms with Gasteiger partial charge in [-0.1, -0.05) is 0 Å². The van der Waals surface area contributed by atoms with Gasteiger partial charge in [-0.25, -0.2) is 4.39 Å². The summed E-state index contributed by atoms with van der Waals surface area (Å²) >= 11 is 0. The zero-order chi connectivity index (χ0) is 15.5. The van der Waals surface area contributed by atoms with E-state index in [1.54, 1.807) is 26.0 Å². The molecule has 116 valence electrons. The molecule has 1 amide bonds. The molecule has 1 aromatic carbocycles. The van der Waals surface area contributed by atoms with Crippen molar-refractivity contribution in [3.63, 3.8) is 0 Å². The van der Waals surface area contributed by atoms with E-state index in [1.807, 2.05) is 4.90 Å². The second kappa shape index (κ2) is 6.43. The summed E-state index contributed by atoms with van der Waals surface area (Å²) in [5, 5.41) is 0. The van der Waals surface area contributed by atoms with Gasteiger partial charge < -0.3 is 15.4 Å². The fourth-order valence-electron chi connectivity index (χ4n) is 2.54. The van der Waals surface area contributed by atoms with Gasteiger partial charge in [0.25, 0.3) is 0 Å². The molecule has 4 nitrogen and oxygen atoms in total. The molecule has 0 unspecified atom stereocenters. The van der Waals surface area contributed by atoms with E-state index in [1.165, 1.54) is 12.1 Å². The van der Waals surface area contributed by atoms with Crippen LogP contribution >= 0.6 is 0 Å². The zero-order valence-corrected chi connectivity index (χ0v) is 12.6. The van der Waals surface area contributed by atoms with Gasteiger partial charge in [0.1, 0.15) is 11.6 Å². The van der Waals surface area contributed by atoms with Crippen molar-refractivity contribution in [1.29, 1.82) is 0 Å². The van der Waals surface area contributed by atoms with Gasteiger partial charge in [0.15, 0.2) is 0 Å². The quantitative estimate of drug-likeness (QED) is 0.926. The van der Waals surface area contributed by atoms with Gasteiger partial charge in [0, 0.05) is 19.0 Å². The molecule has 0 saturated carbocycles. The van der Waals surface area contributed by atoms with Crippen LogP contribution < -0.4 is 10.5 Å². The lowest BCUT2D eigenvalue weighted by atomic mass is 9.96. The van der Waals surface area contributed by atoms with Crippen LogP contribution in [0, 0.1) is 11.7 Å². The smallest absolute Gasteiger partial charge is 0.242 e. The molecule has 2 rings (SSSR count). The predicted molar refractivity (Wildman–Crippen MR) is 79.5 cm³/mol. The first-order valence-electron chi connectivity index (χ1n) is 7.33. The second-order valence-corrected chi connectivity index (χ2v) is 6.25. The second-order valence-electron chi connectivity index (χ2n) is 6.25. The van der Waals surface area contributed by atoms with E-state index < -0.39 is 5.54 Å². The monoisotopic (exact) mass is 294 g/mol. The molecule has 1 atom stereocenters. The average molecular weight is 294 g/mol. The topological polar surface area (TPSA) is 55.6 Å². The van der Waals surface area contributed by atoms with E-state index >= 15 is 0 Å². The lowest BCUT2D eigenvalue weighted by Gasteiger charge is -2.36. The molecule has 1 aromatic rings. The van der Waals surface area contributed by atoms with Crippen LogP contribution in [0.3, 0.4) is 0 Å². The van der Waals surface area contributed by atoms with Crippen LogP contribution in [0.5, 0.6) is 5.75 Å². The number of nitrogens with two attached hydrogens (primary N) is 1. The van der Waals surface area contributed by atoms with Gasteiger partial charge in [-0.05, 0) is 51.0 Å². The Morgan fingerprint density at radius 3 is 2.71 bits per heavy atom. The molecular formula is C16H23FN2O2. The summed E-state index contributed by atoms with van der Waals surface area (Å²) in [6.45, 7) is 5.41. The van der Waals surface area contributed by atoms with E-state index in [0.717, 1.165) is 19.4 Å². The standard InChI is InChI=1S/C16H23FN2O2/c1-16(2,18)15(20)19-9-3-4-12(10-19)11-21-14-7-5-13(17)6-8-14/h5-8,12H,3-4,9-11,18H2,1-2H3/t12-/m0/s1. The molecule has 1 fully saturated rings. The number of likely N-dealkylation sites (tertiary alicyclic amines) is 1. The molecule has 0 bridgehead atoms. The van der Waals surface area contributed by atoms with Gasteiger partial charge in [0.05, 0.1) is 12.1 Å². The van der Waals surface area contributed by atoms with E-state index in [2.05, 4.69) is 0 Å². The number of amides is 1. The summed E-state index contributed by atoms with van der Waals surface area (Å²) in [6.07, 6.45) is 1.98. The molecule has 1 saturated heterocycles. The number of hydrogen-bond donors (Lipinski definition) is 1. The summed E-state index contributed by atoms with van der Waals surface area (Å²) in [5.74, 6) is 0.644. The van der Waals surface area contributed by atoms with Crippen molar-refractivity contribution in [2.24, 2.45) is 11.7 Å². The minimum Gasteiger partial charge on any atom is -0.493 e. The normalized spacial score (nSPS) is 19.4. The first-order chi connectivity index (χ1) is 9.86. The fraction of sp³-hybridized carbons (Fsp3) is 0.562. The number of rotatable bonds is 4. The third kappa shape index (κ3) is 4.43.